The summed E-state index contributed by atoms with van der Waals surface area (Å²) in [6.07, 6.45) is 2.90. The van der Waals surface area contributed by atoms with Crippen LogP contribution < -0.4 is 0 Å². The third-order valence-corrected chi connectivity index (χ3v) is 5.65. The SMILES string of the molecule is O=C(O)C1C2CCC(C2)C1CN1C(=O)c2ccccc2C1=O. The lowest BCUT2D eigenvalue weighted by Crippen LogP contribution is -2.41. The van der Waals surface area contributed by atoms with E-state index in [0.29, 0.717) is 17.0 Å². The van der Waals surface area contributed by atoms with E-state index in [1.807, 2.05) is 0 Å². The van der Waals surface area contributed by atoms with Gasteiger partial charge in [-0.25, -0.2) is 0 Å². The molecule has 4 atom stereocenters. The van der Waals surface area contributed by atoms with Crippen LogP contribution in [-0.4, -0.2) is 34.3 Å². The molecule has 5 heteroatoms. The molecule has 1 aromatic rings. The number of carbonyl (C=O) groups excluding carboxylic acids is 2. The van der Waals surface area contributed by atoms with Crippen molar-refractivity contribution in [1.29, 1.82) is 0 Å². The molecule has 0 radical (unpaired) electrons. The maximum absolute atomic E-state index is 12.4. The molecule has 2 amide bonds. The van der Waals surface area contributed by atoms with Crippen LogP contribution in [0.1, 0.15) is 40.0 Å². The molecular formula is C17H17NO4. The van der Waals surface area contributed by atoms with Gasteiger partial charge in [0.25, 0.3) is 11.8 Å². The van der Waals surface area contributed by atoms with E-state index in [0.717, 1.165) is 19.3 Å². The Bertz CT molecular complexity index is 648. The fourth-order valence-corrected chi connectivity index (χ4v) is 4.67. The lowest BCUT2D eigenvalue weighted by molar-refractivity contribution is -0.145. The maximum atomic E-state index is 12.4. The smallest absolute Gasteiger partial charge is 0.307 e. The molecule has 2 bridgehead atoms. The second-order valence-electron chi connectivity index (χ2n) is 6.63. The van der Waals surface area contributed by atoms with Gasteiger partial charge < -0.3 is 5.11 Å². The molecule has 0 spiro atoms. The van der Waals surface area contributed by atoms with E-state index in [1.165, 1.54) is 4.90 Å². The van der Waals surface area contributed by atoms with Crippen molar-refractivity contribution < 1.29 is 19.5 Å². The van der Waals surface area contributed by atoms with Gasteiger partial charge in [-0.1, -0.05) is 12.1 Å². The first-order valence-electron chi connectivity index (χ1n) is 7.76. The Balaban J connectivity index is 1.61. The molecule has 2 saturated carbocycles. The van der Waals surface area contributed by atoms with E-state index >= 15 is 0 Å². The van der Waals surface area contributed by atoms with Crippen molar-refractivity contribution >= 4 is 17.8 Å². The summed E-state index contributed by atoms with van der Waals surface area (Å²) in [5, 5.41) is 9.50. The van der Waals surface area contributed by atoms with Gasteiger partial charge in [0, 0.05) is 6.54 Å². The van der Waals surface area contributed by atoms with Crippen molar-refractivity contribution in [2.24, 2.45) is 23.7 Å². The summed E-state index contributed by atoms with van der Waals surface area (Å²) in [6, 6.07) is 6.80. The van der Waals surface area contributed by atoms with Crippen molar-refractivity contribution in [2.75, 3.05) is 6.54 Å². The van der Waals surface area contributed by atoms with Crippen LogP contribution in [0.5, 0.6) is 0 Å². The Morgan fingerprint density at radius 1 is 1.09 bits per heavy atom. The molecule has 1 aliphatic heterocycles. The van der Waals surface area contributed by atoms with E-state index in [-0.39, 0.29) is 30.2 Å². The van der Waals surface area contributed by atoms with E-state index in [4.69, 9.17) is 0 Å². The third-order valence-electron chi connectivity index (χ3n) is 5.65. The number of aliphatic carboxylic acids is 1. The highest BCUT2D eigenvalue weighted by Crippen LogP contribution is 2.52. The number of hydrogen-bond acceptors (Lipinski definition) is 3. The van der Waals surface area contributed by atoms with Crippen LogP contribution in [0.3, 0.4) is 0 Å². The average Bonchev–Trinajstić information content (AvgIpc) is 3.17. The predicted molar refractivity (Wildman–Crippen MR) is 77.3 cm³/mol. The Morgan fingerprint density at radius 3 is 2.27 bits per heavy atom. The zero-order valence-electron chi connectivity index (χ0n) is 12.1. The molecule has 0 aromatic heterocycles. The highest BCUT2D eigenvalue weighted by Gasteiger charge is 2.52. The molecule has 2 aliphatic carbocycles. The molecule has 4 rings (SSSR count). The van der Waals surface area contributed by atoms with E-state index in [9.17, 15) is 19.5 Å². The Kier molecular flexibility index (Phi) is 2.86. The van der Waals surface area contributed by atoms with Crippen LogP contribution in [0.4, 0.5) is 0 Å². The van der Waals surface area contributed by atoms with Crippen molar-refractivity contribution in [1.82, 2.24) is 4.90 Å². The van der Waals surface area contributed by atoms with Crippen molar-refractivity contribution in [3.63, 3.8) is 0 Å². The van der Waals surface area contributed by atoms with Gasteiger partial charge in [0.05, 0.1) is 17.0 Å². The van der Waals surface area contributed by atoms with E-state index in [2.05, 4.69) is 0 Å². The lowest BCUT2D eigenvalue weighted by Gasteiger charge is -2.30. The fraction of sp³-hybridized carbons (Fsp3) is 0.471. The number of imide groups is 1. The van der Waals surface area contributed by atoms with Crippen molar-refractivity contribution in [2.45, 2.75) is 19.3 Å². The first kappa shape index (κ1) is 13.5. The van der Waals surface area contributed by atoms with Crippen LogP contribution in [0, 0.1) is 23.7 Å². The average molecular weight is 299 g/mol. The molecule has 22 heavy (non-hydrogen) atoms. The van der Waals surface area contributed by atoms with E-state index in [1.54, 1.807) is 24.3 Å². The zero-order chi connectivity index (χ0) is 15.4. The van der Waals surface area contributed by atoms with Crippen LogP contribution in [0.25, 0.3) is 0 Å². The molecule has 2 fully saturated rings. The van der Waals surface area contributed by atoms with Gasteiger partial charge in [-0.3, -0.25) is 19.3 Å². The number of amides is 2. The van der Waals surface area contributed by atoms with Gasteiger partial charge in [-0.15, -0.1) is 0 Å². The van der Waals surface area contributed by atoms with Gasteiger partial charge in [0.15, 0.2) is 0 Å². The number of carbonyl (C=O) groups is 3. The predicted octanol–water partition coefficient (Wildman–Crippen LogP) is 2.03. The minimum absolute atomic E-state index is 0.0986. The highest BCUT2D eigenvalue weighted by atomic mass is 16.4. The molecule has 3 aliphatic rings. The number of carboxylic acids is 1. The molecule has 114 valence electrons. The van der Waals surface area contributed by atoms with Crippen LogP contribution in [0.2, 0.25) is 0 Å². The summed E-state index contributed by atoms with van der Waals surface area (Å²) in [5.41, 5.74) is 0.866. The third kappa shape index (κ3) is 1.74. The molecule has 1 aromatic carbocycles. The topological polar surface area (TPSA) is 74.7 Å². The summed E-state index contributed by atoms with van der Waals surface area (Å²) in [7, 11) is 0. The Morgan fingerprint density at radius 2 is 1.68 bits per heavy atom. The van der Waals surface area contributed by atoms with Gasteiger partial charge in [-0.05, 0) is 49.1 Å². The number of hydrogen-bond donors (Lipinski definition) is 1. The Labute approximate surface area is 127 Å². The summed E-state index contributed by atoms with van der Waals surface area (Å²) < 4.78 is 0. The standard InChI is InChI=1S/C17H17NO4/c19-15-11-3-1-2-4-12(11)16(20)18(15)8-13-9-5-6-10(7-9)14(13)17(21)22/h1-4,9-10,13-14H,5-8H2,(H,21,22). The minimum Gasteiger partial charge on any atom is -0.481 e. The summed E-state index contributed by atoms with van der Waals surface area (Å²) in [6.45, 7) is 0.241. The lowest BCUT2D eigenvalue weighted by atomic mass is 9.79. The quantitative estimate of drug-likeness (QED) is 0.867. The van der Waals surface area contributed by atoms with Crippen LogP contribution in [0.15, 0.2) is 24.3 Å². The van der Waals surface area contributed by atoms with Gasteiger partial charge in [0.2, 0.25) is 0 Å². The second-order valence-corrected chi connectivity index (χ2v) is 6.63. The molecule has 1 heterocycles. The number of rotatable bonds is 3. The largest absolute Gasteiger partial charge is 0.481 e. The molecule has 4 unspecified atom stereocenters. The number of carboxylic acid groups (broad SMARTS) is 1. The number of nitrogens with zero attached hydrogens (tertiary/aromatic N) is 1. The summed E-state index contributed by atoms with van der Waals surface area (Å²) in [4.78, 5) is 37.7. The first-order chi connectivity index (χ1) is 10.6. The van der Waals surface area contributed by atoms with Gasteiger partial charge >= 0.3 is 5.97 Å². The summed E-state index contributed by atoms with van der Waals surface area (Å²) in [5.74, 6) is -1.33. The molecule has 0 saturated heterocycles. The van der Waals surface area contributed by atoms with Gasteiger partial charge in [-0.2, -0.15) is 0 Å². The summed E-state index contributed by atoms with van der Waals surface area (Å²) >= 11 is 0. The van der Waals surface area contributed by atoms with Crippen LogP contribution in [-0.2, 0) is 4.79 Å². The normalized spacial score (nSPS) is 32.6. The number of benzene rings is 1. The Hall–Kier alpha value is -2.17. The van der Waals surface area contributed by atoms with Gasteiger partial charge in [0.1, 0.15) is 0 Å². The highest BCUT2D eigenvalue weighted by molar-refractivity contribution is 6.21. The fourth-order valence-electron chi connectivity index (χ4n) is 4.67. The maximum Gasteiger partial charge on any atom is 0.307 e. The van der Waals surface area contributed by atoms with Crippen molar-refractivity contribution in [3.05, 3.63) is 35.4 Å². The first-order valence-corrected chi connectivity index (χ1v) is 7.76. The number of fused-ring (bicyclic) bond motifs is 3. The van der Waals surface area contributed by atoms with E-state index < -0.39 is 11.9 Å². The second kappa shape index (κ2) is 4.66. The molecular weight excluding hydrogens is 282 g/mol. The zero-order valence-corrected chi connectivity index (χ0v) is 12.1. The van der Waals surface area contributed by atoms with Crippen molar-refractivity contribution in [3.8, 4) is 0 Å². The molecule has 5 nitrogen and oxygen atoms in total. The molecule has 1 N–H and O–H groups in total. The monoisotopic (exact) mass is 299 g/mol. The van der Waals surface area contributed by atoms with Crippen LogP contribution >= 0.6 is 0 Å². The minimum atomic E-state index is -0.784.